The molecule has 3 aromatic rings. The Morgan fingerprint density at radius 3 is 2.69 bits per heavy atom. The lowest BCUT2D eigenvalue weighted by Gasteiger charge is -2.42. The number of benzene rings is 1. The highest BCUT2D eigenvalue weighted by atomic mass is 32.2. The first-order chi connectivity index (χ1) is 15.6. The Balaban J connectivity index is 1.80. The first-order valence-corrected chi connectivity index (χ1v) is 12.5. The summed E-state index contributed by atoms with van der Waals surface area (Å²) < 4.78 is 8.86. The number of thioether (sulfide) groups is 1. The summed E-state index contributed by atoms with van der Waals surface area (Å²) in [6.45, 7) is 4.64. The van der Waals surface area contributed by atoms with Crippen molar-refractivity contribution in [2.75, 3.05) is 12.4 Å². The van der Waals surface area contributed by atoms with Gasteiger partial charge in [-0.3, -0.25) is 18.6 Å². The van der Waals surface area contributed by atoms with Gasteiger partial charge in [-0.05, 0) is 38.7 Å². The zero-order valence-electron chi connectivity index (χ0n) is 18.6. The monoisotopic (exact) mass is 452 g/mol. The van der Waals surface area contributed by atoms with Crippen LogP contribution in [0.25, 0.3) is 17.0 Å². The van der Waals surface area contributed by atoms with Crippen molar-refractivity contribution < 1.29 is 9.53 Å². The van der Waals surface area contributed by atoms with E-state index in [0.29, 0.717) is 24.1 Å². The molecule has 2 aliphatic rings. The number of nitrogens with zero attached hydrogens (tertiary/aromatic N) is 4. The molecule has 0 unspecified atom stereocenters. The lowest BCUT2D eigenvalue weighted by atomic mass is 9.62. The molecule has 1 spiro atoms. The normalized spacial score (nSPS) is 16.7. The van der Waals surface area contributed by atoms with Gasteiger partial charge in [0.2, 0.25) is 5.78 Å². The molecule has 2 heterocycles. The fourth-order valence-electron chi connectivity index (χ4n) is 5.52. The molecule has 0 N–H and O–H groups in total. The smallest absolute Gasteiger partial charge is 0.316 e. The fraction of sp³-hybridized carbons (Fsp3) is 0.500. The van der Waals surface area contributed by atoms with E-state index in [9.17, 15) is 9.59 Å². The Labute approximate surface area is 191 Å². The summed E-state index contributed by atoms with van der Waals surface area (Å²) in [6.07, 6.45) is 6.43. The van der Waals surface area contributed by atoms with Crippen LogP contribution in [-0.2, 0) is 27.9 Å². The van der Waals surface area contributed by atoms with Crippen molar-refractivity contribution in [1.82, 2.24) is 19.2 Å². The van der Waals surface area contributed by atoms with Gasteiger partial charge < -0.3 is 4.74 Å². The molecule has 0 saturated heterocycles. The van der Waals surface area contributed by atoms with Crippen molar-refractivity contribution in [2.24, 2.45) is 0 Å². The zero-order valence-corrected chi connectivity index (χ0v) is 19.4. The van der Waals surface area contributed by atoms with Gasteiger partial charge in [-0.25, -0.2) is 0 Å². The minimum Gasteiger partial charge on any atom is -0.465 e. The number of carbonyl (C=O) groups is 1. The number of ether oxygens (including phenoxy) is 1. The Morgan fingerprint density at radius 2 is 1.94 bits per heavy atom. The Morgan fingerprint density at radius 1 is 1.16 bits per heavy atom. The van der Waals surface area contributed by atoms with Gasteiger partial charge in [-0.15, -0.1) is 10.2 Å². The van der Waals surface area contributed by atoms with Gasteiger partial charge in [0.05, 0.1) is 18.1 Å². The second-order valence-electron chi connectivity index (χ2n) is 8.66. The maximum atomic E-state index is 13.9. The SMILES string of the molecule is CCOC(=O)CSc1nnc2n(CC)c(=O)c3c(n12)-c1ccccc1CC31CCCCC1. The first kappa shape index (κ1) is 21.2. The molecular weight excluding hydrogens is 424 g/mol. The van der Waals surface area contributed by atoms with Crippen LogP contribution in [-0.4, -0.2) is 37.5 Å². The van der Waals surface area contributed by atoms with E-state index in [2.05, 4.69) is 28.4 Å². The fourth-order valence-corrected chi connectivity index (χ4v) is 6.25. The molecule has 2 aromatic heterocycles. The van der Waals surface area contributed by atoms with Crippen molar-refractivity contribution in [3.05, 3.63) is 45.7 Å². The molecule has 2 aliphatic carbocycles. The standard InChI is InChI=1S/C24H28N4O3S/c1-3-27-21(30)19-20(28-22(27)25-26-23(28)32-15-18(29)31-4-2)17-11-7-6-10-16(17)14-24(19)12-8-5-9-13-24/h6-7,10-11H,3-5,8-9,12-15H2,1-2H3. The number of aromatic nitrogens is 4. The van der Waals surface area contributed by atoms with Gasteiger partial charge >= 0.3 is 5.97 Å². The molecule has 0 atom stereocenters. The van der Waals surface area contributed by atoms with Crippen molar-refractivity contribution in [2.45, 2.75) is 69.5 Å². The lowest BCUT2D eigenvalue weighted by molar-refractivity contribution is -0.139. The van der Waals surface area contributed by atoms with Crippen LogP contribution in [0, 0.1) is 0 Å². The molecule has 0 amide bonds. The molecule has 32 heavy (non-hydrogen) atoms. The zero-order chi connectivity index (χ0) is 22.3. The largest absolute Gasteiger partial charge is 0.465 e. The number of rotatable bonds is 5. The van der Waals surface area contributed by atoms with Crippen molar-refractivity contribution in [3.8, 4) is 11.3 Å². The van der Waals surface area contributed by atoms with Crippen LogP contribution in [0.15, 0.2) is 34.2 Å². The predicted octanol–water partition coefficient (Wildman–Crippen LogP) is 3.99. The third-order valence-electron chi connectivity index (χ3n) is 6.86. The van der Waals surface area contributed by atoms with Crippen LogP contribution >= 0.6 is 11.8 Å². The number of fused-ring (bicyclic) bond motifs is 6. The highest BCUT2D eigenvalue weighted by Crippen LogP contribution is 2.49. The van der Waals surface area contributed by atoms with Crippen LogP contribution in [0.2, 0.25) is 0 Å². The van der Waals surface area contributed by atoms with Gasteiger partial charge in [0.1, 0.15) is 0 Å². The van der Waals surface area contributed by atoms with E-state index in [-0.39, 0.29) is 22.7 Å². The van der Waals surface area contributed by atoms with Crippen LogP contribution in [0.5, 0.6) is 0 Å². The van der Waals surface area contributed by atoms with Gasteiger partial charge in [-0.1, -0.05) is 55.3 Å². The maximum Gasteiger partial charge on any atom is 0.316 e. The number of esters is 1. The second-order valence-corrected chi connectivity index (χ2v) is 9.60. The average molecular weight is 453 g/mol. The number of hydrogen-bond acceptors (Lipinski definition) is 6. The van der Waals surface area contributed by atoms with Crippen molar-refractivity contribution in [3.63, 3.8) is 0 Å². The number of aryl methyl sites for hydroxylation is 1. The third-order valence-corrected chi connectivity index (χ3v) is 7.76. The minimum atomic E-state index is -0.281. The van der Waals surface area contributed by atoms with E-state index < -0.39 is 0 Å². The minimum absolute atomic E-state index is 0.0562. The van der Waals surface area contributed by atoms with Crippen LogP contribution in [0.3, 0.4) is 0 Å². The summed E-state index contributed by atoms with van der Waals surface area (Å²) in [5, 5.41) is 9.41. The lowest BCUT2D eigenvalue weighted by Crippen LogP contribution is -2.43. The van der Waals surface area contributed by atoms with Crippen molar-refractivity contribution in [1.29, 1.82) is 0 Å². The summed E-state index contributed by atoms with van der Waals surface area (Å²) >= 11 is 1.31. The van der Waals surface area contributed by atoms with Crippen LogP contribution < -0.4 is 5.56 Å². The van der Waals surface area contributed by atoms with Crippen LogP contribution in [0.4, 0.5) is 0 Å². The molecule has 1 saturated carbocycles. The molecule has 1 fully saturated rings. The van der Waals surface area contributed by atoms with E-state index in [4.69, 9.17) is 4.74 Å². The average Bonchev–Trinajstić information content (AvgIpc) is 3.22. The quantitative estimate of drug-likeness (QED) is 0.430. The highest BCUT2D eigenvalue weighted by molar-refractivity contribution is 7.99. The summed E-state index contributed by atoms with van der Waals surface area (Å²) in [5.41, 5.74) is 4.06. The second kappa shape index (κ2) is 8.39. The maximum absolute atomic E-state index is 13.9. The molecule has 8 heteroatoms. The molecule has 7 nitrogen and oxygen atoms in total. The van der Waals surface area contributed by atoms with E-state index in [1.54, 1.807) is 11.5 Å². The predicted molar refractivity (Wildman–Crippen MR) is 124 cm³/mol. The Hall–Kier alpha value is -2.61. The van der Waals surface area contributed by atoms with Crippen LogP contribution in [0.1, 0.15) is 57.1 Å². The van der Waals surface area contributed by atoms with Gasteiger partial charge in [0.25, 0.3) is 5.56 Å². The summed E-state index contributed by atoms with van der Waals surface area (Å²) in [4.78, 5) is 25.9. The number of hydrogen-bond donors (Lipinski definition) is 0. The topological polar surface area (TPSA) is 78.5 Å². The van der Waals surface area contributed by atoms with E-state index in [0.717, 1.165) is 48.9 Å². The molecule has 0 radical (unpaired) electrons. The summed E-state index contributed by atoms with van der Waals surface area (Å²) in [6, 6.07) is 8.38. The first-order valence-electron chi connectivity index (χ1n) is 11.5. The molecule has 1 aromatic carbocycles. The van der Waals surface area contributed by atoms with E-state index in [1.165, 1.54) is 23.7 Å². The molecule has 0 bridgehead atoms. The molecule has 168 valence electrons. The summed E-state index contributed by atoms with van der Waals surface area (Å²) in [5.74, 6) is 0.405. The number of carbonyl (C=O) groups excluding carboxylic acids is 1. The van der Waals surface area contributed by atoms with Gasteiger partial charge in [0, 0.05) is 23.1 Å². The molecule has 5 rings (SSSR count). The van der Waals surface area contributed by atoms with E-state index >= 15 is 0 Å². The van der Waals surface area contributed by atoms with Gasteiger partial charge in [-0.2, -0.15) is 0 Å². The molecular formula is C24H28N4O3S. The highest BCUT2D eigenvalue weighted by Gasteiger charge is 2.44. The van der Waals surface area contributed by atoms with E-state index in [1.807, 2.05) is 17.4 Å². The van der Waals surface area contributed by atoms with Crippen molar-refractivity contribution >= 4 is 23.5 Å². The molecule has 0 aliphatic heterocycles. The third kappa shape index (κ3) is 3.27. The summed E-state index contributed by atoms with van der Waals surface area (Å²) in [7, 11) is 0. The Bertz CT molecular complexity index is 1240. The Kier molecular flexibility index (Phi) is 5.57. The van der Waals surface area contributed by atoms with Gasteiger partial charge in [0.15, 0.2) is 5.16 Å².